The van der Waals surface area contributed by atoms with Crippen molar-refractivity contribution >= 4 is 5.91 Å². The maximum absolute atomic E-state index is 12.3. The fraction of sp³-hybridized carbons (Fsp3) is 0.444. The summed E-state index contributed by atoms with van der Waals surface area (Å²) in [5, 5.41) is 7.08. The lowest BCUT2D eigenvalue weighted by atomic mass is 9.88. The van der Waals surface area contributed by atoms with Gasteiger partial charge >= 0.3 is 0 Å². The van der Waals surface area contributed by atoms with E-state index in [0.717, 1.165) is 29.4 Å². The van der Waals surface area contributed by atoms with Gasteiger partial charge in [-0.3, -0.25) is 4.79 Å². The topological polar surface area (TPSA) is 55.1 Å². The lowest BCUT2D eigenvalue weighted by Gasteiger charge is -2.20. The first-order valence-electron chi connectivity index (χ1n) is 8.08. The van der Waals surface area contributed by atoms with Crippen LogP contribution in [0, 0.1) is 17.8 Å². The van der Waals surface area contributed by atoms with Crippen molar-refractivity contribution in [3.8, 4) is 11.3 Å². The highest BCUT2D eigenvalue weighted by atomic mass is 16.5. The maximum atomic E-state index is 12.3. The van der Waals surface area contributed by atoms with Crippen LogP contribution in [0.1, 0.15) is 31.4 Å². The second-order valence-corrected chi connectivity index (χ2v) is 6.55. The second-order valence-electron chi connectivity index (χ2n) is 6.55. The SMILES string of the molecule is O=C(NCc1cc(-c2ccccc2)on1)[C@@H]1C[C@H]2CC[C@H]1C2. The van der Waals surface area contributed by atoms with Crippen molar-refractivity contribution in [3.63, 3.8) is 0 Å². The van der Waals surface area contributed by atoms with Crippen molar-refractivity contribution in [2.75, 3.05) is 0 Å². The molecule has 1 aromatic carbocycles. The van der Waals surface area contributed by atoms with Gasteiger partial charge in [-0.1, -0.05) is 41.9 Å². The predicted molar refractivity (Wildman–Crippen MR) is 82.7 cm³/mol. The quantitative estimate of drug-likeness (QED) is 0.941. The summed E-state index contributed by atoms with van der Waals surface area (Å²) in [6.07, 6.45) is 4.87. The van der Waals surface area contributed by atoms with Crippen LogP contribution < -0.4 is 5.32 Å². The lowest BCUT2D eigenvalue weighted by Crippen LogP contribution is -2.33. The summed E-state index contributed by atoms with van der Waals surface area (Å²) in [5.41, 5.74) is 1.77. The molecule has 1 aromatic heterocycles. The van der Waals surface area contributed by atoms with E-state index >= 15 is 0 Å². The van der Waals surface area contributed by atoms with Crippen LogP contribution in [0.2, 0.25) is 0 Å². The summed E-state index contributed by atoms with van der Waals surface area (Å²) in [6, 6.07) is 11.8. The van der Waals surface area contributed by atoms with Crippen LogP contribution in [-0.2, 0) is 11.3 Å². The van der Waals surface area contributed by atoms with Gasteiger partial charge in [-0.25, -0.2) is 0 Å². The average Bonchev–Trinajstić information content (AvgIpc) is 3.29. The van der Waals surface area contributed by atoms with Crippen LogP contribution in [0.3, 0.4) is 0 Å². The molecule has 4 nitrogen and oxygen atoms in total. The van der Waals surface area contributed by atoms with Crippen molar-refractivity contribution in [3.05, 3.63) is 42.1 Å². The van der Waals surface area contributed by atoms with E-state index in [1.54, 1.807) is 0 Å². The number of carbonyl (C=O) groups is 1. The maximum Gasteiger partial charge on any atom is 0.223 e. The molecule has 4 rings (SSSR count). The summed E-state index contributed by atoms with van der Waals surface area (Å²) in [6.45, 7) is 0.447. The normalized spacial score (nSPS) is 26.3. The van der Waals surface area contributed by atoms with Gasteiger partial charge in [0.15, 0.2) is 5.76 Å². The average molecular weight is 296 g/mol. The zero-order valence-electron chi connectivity index (χ0n) is 12.5. The minimum absolute atomic E-state index is 0.191. The van der Waals surface area contributed by atoms with E-state index in [9.17, 15) is 4.79 Å². The first kappa shape index (κ1) is 13.6. The molecule has 2 aliphatic rings. The molecule has 0 spiro atoms. The van der Waals surface area contributed by atoms with Crippen LogP contribution in [0.5, 0.6) is 0 Å². The van der Waals surface area contributed by atoms with Crippen LogP contribution in [-0.4, -0.2) is 11.1 Å². The van der Waals surface area contributed by atoms with Crippen LogP contribution in [0.15, 0.2) is 40.9 Å². The number of nitrogens with zero attached hydrogens (tertiary/aromatic N) is 1. The first-order chi connectivity index (χ1) is 10.8. The molecule has 3 atom stereocenters. The number of benzene rings is 1. The highest BCUT2D eigenvalue weighted by Gasteiger charge is 2.42. The third kappa shape index (κ3) is 2.54. The molecule has 0 saturated heterocycles. The Kier molecular flexibility index (Phi) is 3.45. The molecule has 2 aliphatic carbocycles. The molecule has 114 valence electrons. The van der Waals surface area contributed by atoms with Gasteiger partial charge in [0.05, 0.1) is 6.54 Å². The van der Waals surface area contributed by atoms with E-state index in [2.05, 4.69) is 10.5 Å². The monoisotopic (exact) mass is 296 g/mol. The molecule has 2 bridgehead atoms. The van der Waals surface area contributed by atoms with Gasteiger partial charge in [-0.15, -0.1) is 0 Å². The van der Waals surface area contributed by atoms with Crippen molar-refractivity contribution in [2.24, 2.45) is 17.8 Å². The third-order valence-electron chi connectivity index (χ3n) is 5.14. The minimum Gasteiger partial charge on any atom is -0.356 e. The molecule has 2 saturated carbocycles. The summed E-state index contributed by atoms with van der Waals surface area (Å²) < 4.78 is 5.36. The Hall–Kier alpha value is -2.10. The lowest BCUT2D eigenvalue weighted by molar-refractivity contribution is -0.126. The van der Waals surface area contributed by atoms with E-state index < -0.39 is 0 Å². The molecular formula is C18H20N2O2. The molecule has 1 N–H and O–H groups in total. The van der Waals surface area contributed by atoms with E-state index in [1.807, 2.05) is 36.4 Å². The van der Waals surface area contributed by atoms with E-state index in [-0.39, 0.29) is 11.8 Å². The smallest absolute Gasteiger partial charge is 0.223 e. The van der Waals surface area contributed by atoms with Crippen LogP contribution in [0.4, 0.5) is 0 Å². The first-order valence-corrected chi connectivity index (χ1v) is 8.08. The van der Waals surface area contributed by atoms with Crippen molar-refractivity contribution < 1.29 is 9.32 Å². The standard InChI is InChI=1S/C18H20N2O2/c21-18(16-9-12-6-7-14(16)8-12)19-11-15-10-17(22-20-15)13-4-2-1-3-5-13/h1-5,10,12,14,16H,6-9,11H2,(H,19,21)/t12-,14-,16+/m0/s1. The molecule has 0 unspecified atom stereocenters. The number of hydrogen-bond donors (Lipinski definition) is 1. The Morgan fingerprint density at radius 1 is 1.23 bits per heavy atom. The highest BCUT2D eigenvalue weighted by Crippen LogP contribution is 2.48. The molecule has 0 radical (unpaired) electrons. The van der Waals surface area contributed by atoms with E-state index in [1.165, 1.54) is 19.3 Å². The Bertz CT molecular complexity index is 665. The van der Waals surface area contributed by atoms with Gasteiger partial charge in [0.1, 0.15) is 5.69 Å². The molecule has 1 heterocycles. The van der Waals surface area contributed by atoms with Gasteiger partial charge < -0.3 is 9.84 Å². The number of nitrogens with one attached hydrogen (secondary N) is 1. The zero-order valence-corrected chi connectivity index (χ0v) is 12.5. The summed E-state index contributed by atoms with van der Waals surface area (Å²) >= 11 is 0. The third-order valence-corrected chi connectivity index (χ3v) is 5.14. The molecule has 22 heavy (non-hydrogen) atoms. The molecule has 0 aliphatic heterocycles. The number of amides is 1. The molecule has 2 aromatic rings. The Morgan fingerprint density at radius 3 is 2.82 bits per heavy atom. The fourth-order valence-corrected chi connectivity index (χ4v) is 4.01. The Balaban J connectivity index is 1.36. The molecule has 2 fully saturated rings. The highest BCUT2D eigenvalue weighted by molar-refractivity contribution is 5.79. The van der Waals surface area contributed by atoms with Crippen LogP contribution in [0.25, 0.3) is 11.3 Å². The summed E-state index contributed by atoms with van der Waals surface area (Å²) in [5.74, 6) is 2.56. The minimum atomic E-state index is 0.191. The van der Waals surface area contributed by atoms with Crippen molar-refractivity contribution in [1.82, 2.24) is 10.5 Å². The Morgan fingerprint density at radius 2 is 2.09 bits per heavy atom. The number of hydrogen-bond acceptors (Lipinski definition) is 3. The van der Waals surface area contributed by atoms with Gasteiger partial charge in [0.25, 0.3) is 0 Å². The van der Waals surface area contributed by atoms with Crippen LogP contribution >= 0.6 is 0 Å². The largest absolute Gasteiger partial charge is 0.356 e. The van der Waals surface area contributed by atoms with Crippen molar-refractivity contribution in [2.45, 2.75) is 32.2 Å². The fourth-order valence-electron chi connectivity index (χ4n) is 4.01. The number of aromatic nitrogens is 1. The van der Waals surface area contributed by atoms with Gasteiger partial charge in [0, 0.05) is 17.5 Å². The van der Waals surface area contributed by atoms with Gasteiger partial charge in [-0.2, -0.15) is 0 Å². The van der Waals surface area contributed by atoms with E-state index in [0.29, 0.717) is 12.5 Å². The van der Waals surface area contributed by atoms with Gasteiger partial charge in [-0.05, 0) is 31.1 Å². The number of fused-ring (bicyclic) bond motifs is 2. The van der Waals surface area contributed by atoms with Crippen molar-refractivity contribution in [1.29, 1.82) is 0 Å². The van der Waals surface area contributed by atoms with Gasteiger partial charge in [0.2, 0.25) is 5.91 Å². The number of rotatable bonds is 4. The molecule has 1 amide bonds. The predicted octanol–water partition coefficient (Wildman–Crippen LogP) is 3.39. The summed E-state index contributed by atoms with van der Waals surface area (Å²) in [7, 11) is 0. The second kappa shape index (κ2) is 5.59. The zero-order chi connectivity index (χ0) is 14.9. The summed E-state index contributed by atoms with van der Waals surface area (Å²) in [4.78, 5) is 12.3. The Labute approximate surface area is 129 Å². The number of carbonyl (C=O) groups excluding carboxylic acids is 1. The molecule has 4 heteroatoms. The van der Waals surface area contributed by atoms with E-state index in [4.69, 9.17) is 4.52 Å². The molecular weight excluding hydrogens is 276 g/mol.